The largest absolute Gasteiger partial charge is 0.393 e. The summed E-state index contributed by atoms with van der Waals surface area (Å²) < 4.78 is 0. The number of aliphatic hydroxyl groups excluding tert-OH is 1. The van der Waals surface area contributed by atoms with Crippen LogP contribution in [0.5, 0.6) is 0 Å². The van der Waals surface area contributed by atoms with E-state index in [0.717, 1.165) is 12.8 Å². The van der Waals surface area contributed by atoms with Gasteiger partial charge in [-0.25, -0.2) is 0 Å². The van der Waals surface area contributed by atoms with E-state index < -0.39 is 0 Å². The number of hydrogen-bond donors (Lipinski definition) is 1. The topological polar surface area (TPSA) is 20.2 Å². The second-order valence-corrected chi connectivity index (χ2v) is 3.90. The zero-order valence-corrected chi connectivity index (χ0v) is 7.51. The first kappa shape index (κ1) is 8.79. The number of allylic oxidation sites excluding steroid dienone is 1. The molecule has 3 atom stereocenters. The predicted molar refractivity (Wildman–Crippen MR) is 47.3 cm³/mol. The van der Waals surface area contributed by atoms with Gasteiger partial charge in [0.1, 0.15) is 0 Å². The van der Waals surface area contributed by atoms with E-state index in [1.54, 1.807) is 0 Å². The first-order valence-electron chi connectivity index (χ1n) is 4.44. The van der Waals surface area contributed by atoms with Crippen molar-refractivity contribution in [3.63, 3.8) is 0 Å². The molecule has 1 fully saturated rings. The Balaban J connectivity index is 2.46. The van der Waals surface area contributed by atoms with Gasteiger partial charge in [0.25, 0.3) is 0 Å². The van der Waals surface area contributed by atoms with Crippen molar-refractivity contribution in [2.75, 3.05) is 0 Å². The van der Waals surface area contributed by atoms with Crippen LogP contribution in [-0.2, 0) is 0 Å². The van der Waals surface area contributed by atoms with Crippen LogP contribution in [0.2, 0.25) is 0 Å². The van der Waals surface area contributed by atoms with E-state index in [4.69, 9.17) is 0 Å². The molecule has 0 spiro atoms. The van der Waals surface area contributed by atoms with Crippen molar-refractivity contribution in [2.24, 2.45) is 11.8 Å². The van der Waals surface area contributed by atoms with Crippen LogP contribution in [0.4, 0.5) is 0 Å². The van der Waals surface area contributed by atoms with Crippen molar-refractivity contribution < 1.29 is 5.11 Å². The van der Waals surface area contributed by atoms with Gasteiger partial charge in [-0.1, -0.05) is 19.1 Å². The number of rotatable bonds is 1. The molecule has 1 N–H and O–H groups in total. The van der Waals surface area contributed by atoms with Crippen molar-refractivity contribution >= 4 is 0 Å². The lowest BCUT2D eigenvalue weighted by atomic mass is 9.78. The lowest BCUT2D eigenvalue weighted by Crippen LogP contribution is -2.27. The summed E-state index contributed by atoms with van der Waals surface area (Å²) in [6.45, 7) is 8.11. The minimum absolute atomic E-state index is 0.0922. The Hall–Kier alpha value is -0.300. The maximum absolute atomic E-state index is 9.56. The minimum atomic E-state index is -0.0922. The summed E-state index contributed by atoms with van der Waals surface area (Å²) in [5.74, 6) is 1.06. The first-order chi connectivity index (χ1) is 5.11. The van der Waals surface area contributed by atoms with Crippen LogP contribution in [0.3, 0.4) is 0 Å². The van der Waals surface area contributed by atoms with Gasteiger partial charge in [-0.3, -0.25) is 0 Å². The molecule has 1 saturated carbocycles. The highest BCUT2D eigenvalue weighted by atomic mass is 16.3. The molecule has 64 valence electrons. The number of hydrogen-bond acceptors (Lipinski definition) is 1. The molecular formula is C10H18O. The van der Waals surface area contributed by atoms with E-state index in [-0.39, 0.29) is 6.10 Å². The van der Waals surface area contributed by atoms with Crippen molar-refractivity contribution in [1.29, 1.82) is 0 Å². The average molecular weight is 154 g/mol. The standard InChI is InChI=1S/C10H18O/c1-7(2)9-5-4-8(3)10(11)6-9/h8-11H,1,4-6H2,2-3H3/t8?,9-,10?/m1/s1. The van der Waals surface area contributed by atoms with Gasteiger partial charge in [-0.05, 0) is 38.0 Å². The fourth-order valence-electron chi connectivity index (χ4n) is 1.75. The summed E-state index contributed by atoms with van der Waals surface area (Å²) in [5, 5.41) is 9.56. The Labute approximate surface area is 69.1 Å². The molecule has 1 aliphatic rings. The van der Waals surface area contributed by atoms with Crippen LogP contribution >= 0.6 is 0 Å². The van der Waals surface area contributed by atoms with Gasteiger partial charge in [0.05, 0.1) is 6.10 Å². The third-order valence-electron chi connectivity index (χ3n) is 2.85. The molecule has 0 aromatic carbocycles. The van der Waals surface area contributed by atoms with E-state index in [1.807, 2.05) is 0 Å². The van der Waals surface area contributed by atoms with E-state index in [2.05, 4.69) is 20.4 Å². The molecule has 0 aliphatic heterocycles. The summed E-state index contributed by atoms with van der Waals surface area (Å²) in [4.78, 5) is 0. The Morgan fingerprint density at radius 2 is 2.09 bits per heavy atom. The molecule has 0 saturated heterocycles. The van der Waals surface area contributed by atoms with E-state index >= 15 is 0 Å². The van der Waals surface area contributed by atoms with Crippen molar-refractivity contribution in [1.82, 2.24) is 0 Å². The first-order valence-corrected chi connectivity index (χ1v) is 4.44. The monoisotopic (exact) mass is 154 g/mol. The second kappa shape index (κ2) is 3.40. The molecular weight excluding hydrogens is 136 g/mol. The van der Waals surface area contributed by atoms with Crippen molar-refractivity contribution in [2.45, 2.75) is 39.2 Å². The Bertz CT molecular complexity index is 151. The molecule has 0 amide bonds. The minimum Gasteiger partial charge on any atom is -0.393 e. The molecule has 11 heavy (non-hydrogen) atoms. The van der Waals surface area contributed by atoms with Gasteiger partial charge in [0.15, 0.2) is 0 Å². The quantitative estimate of drug-likeness (QED) is 0.575. The van der Waals surface area contributed by atoms with Gasteiger partial charge in [-0.2, -0.15) is 0 Å². The fraction of sp³-hybridized carbons (Fsp3) is 0.800. The molecule has 1 rings (SSSR count). The van der Waals surface area contributed by atoms with Gasteiger partial charge in [0.2, 0.25) is 0 Å². The zero-order valence-electron chi connectivity index (χ0n) is 7.51. The molecule has 0 heterocycles. The van der Waals surface area contributed by atoms with Crippen LogP contribution in [-0.4, -0.2) is 11.2 Å². The SMILES string of the molecule is C=C(C)[C@@H]1CCC(C)C(O)C1. The van der Waals surface area contributed by atoms with Gasteiger partial charge >= 0.3 is 0 Å². The molecule has 0 radical (unpaired) electrons. The van der Waals surface area contributed by atoms with Crippen LogP contribution in [0.25, 0.3) is 0 Å². The molecule has 0 aromatic rings. The lowest BCUT2D eigenvalue weighted by molar-refractivity contribution is 0.0614. The van der Waals surface area contributed by atoms with Gasteiger partial charge in [0, 0.05) is 0 Å². The maximum atomic E-state index is 9.56. The van der Waals surface area contributed by atoms with Crippen LogP contribution in [0, 0.1) is 11.8 Å². The molecule has 1 aliphatic carbocycles. The Morgan fingerprint density at radius 3 is 2.55 bits per heavy atom. The van der Waals surface area contributed by atoms with Crippen LogP contribution in [0.15, 0.2) is 12.2 Å². The summed E-state index contributed by atoms with van der Waals surface area (Å²) in [7, 11) is 0. The molecule has 2 unspecified atom stereocenters. The van der Waals surface area contributed by atoms with E-state index in [1.165, 1.54) is 12.0 Å². The predicted octanol–water partition coefficient (Wildman–Crippen LogP) is 2.36. The number of aliphatic hydroxyl groups is 1. The highest BCUT2D eigenvalue weighted by Gasteiger charge is 2.25. The summed E-state index contributed by atoms with van der Waals surface area (Å²) in [6, 6.07) is 0. The maximum Gasteiger partial charge on any atom is 0.0571 e. The molecule has 1 heteroatoms. The summed E-state index contributed by atoms with van der Waals surface area (Å²) in [5.41, 5.74) is 1.23. The highest BCUT2D eigenvalue weighted by Crippen LogP contribution is 2.32. The fourth-order valence-corrected chi connectivity index (χ4v) is 1.75. The normalized spacial score (nSPS) is 38.6. The highest BCUT2D eigenvalue weighted by molar-refractivity contribution is 4.99. The molecule has 1 nitrogen and oxygen atoms in total. The van der Waals surface area contributed by atoms with E-state index in [9.17, 15) is 5.11 Å². The van der Waals surface area contributed by atoms with Crippen molar-refractivity contribution in [3.05, 3.63) is 12.2 Å². The van der Waals surface area contributed by atoms with Gasteiger partial charge < -0.3 is 5.11 Å². The van der Waals surface area contributed by atoms with Crippen molar-refractivity contribution in [3.8, 4) is 0 Å². The van der Waals surface area contributed by atoms with E-state index in [0.29, 0.717) is 11.8 Å². The third kappa shape index (κ3) is 2.06. The van der Waals surface area contributed by atoms with Gasteiger partial charge in [-0.15, -0.1) is 0 Å². The van der Waals surface area contributed by atoms with Crippen LogP contribution in [0.1, 0.15) is 33.1 Å². The van der Waals surface area contributed by atoms with Crippen LogP contribution < -0.4 is 0 Å². The summed E-state index contributed by atoms with van der Waals surface area (Å²) in [6.07, 6.45) is 3.20. The Morgan fingerprint density at radius 1 is 1.45 bits per heavy atom. The third-order valence-corrected chi connectivity index (χ3v) is 2.85. The smallest absolute Gasteiger partial charge is 0.0571 e. The Kier molecular flexibility index (Phi) is 2.72. The second-order valence-electron chi connectivity index (χ2n) is 3.90. The molecule has 0 aromatic heterocycles. The summed E-state index contributed by atoms with van der Waals surface area (Å²) >= 11 is 0. The lowest BCUT2D eigenvalue weighted by Gasteiger charge is -2.31. The molecule has 0 bridgehead atoms. The zero-order chi connectivity index (χ0) is 8.43. The average Bonchev–Trinajstić information content (AvgIpc) is 1.94.